The van der Waals surface area contributed by atoms with Crippen LogP contribution in [0.4, 0.5) is 8.78 Å². The standard InChI is InChI=1S/C18H17F2N3/c1-12(2)11-23-18(14-5-9-16(20)10-6-14)21-17(22-23)13-3-7-15(19)8-4-13/h3-10,12H,11H2,1-2H3. The van der Waals surface area contributed by atoms with Crippen molar-refractivity contribution >= 4 is 0 Å². The van der Waals surface area contributed by atoms with Crippen LogP contribution in [0.25, 0.3) is 22.8 Å². The van der Waals surface area contributed by atoms with Crippen molar-refractivity contribution in [2.24, 2.45) is 5.92 Å². The summed E-state index contributed by atoms with van der Waals surface area (Å²) in [6, 6.07) is 12.3. The highest BCUT2D eigenvalue weighted by atomic mass is 19.1. The van der Waals surface area contributed by atoms with Gasteiger partial charge < -0.3 is 0 Å². The minimum Gasteiger partial charge on any atom is -0.245 e. The number of benzene rings is 2. The van der Waals surface area contributed by atoms with Crippen LogP contribution in [0.3, 0.4) is 0 Å². The van der Waals surface area contributed by atoms with Crippen LogP contribution in [0.5, 0.6) is 0 Å². The number of rotatable bonds is 4. The van der Waals surface area contributed by atoms with Gasteiger partial charge in [-0.15, -0.1) is 0 Å². The van der Waals surface area contributed by atoms with Gasteiger partial charge in [0.2, 0.25) is 0 Å². The summed E-state index contributed by atoms with van der Waals surface area (Å²) in [7, 11) is 0. The van der Waals surface area contributed by atoms with Gasteiger partial charge in [-0.25, -0.2) is 18.4 Å². The van der Waals surface area contributed by atoms with E-state index in [9.17, 15) is 8.78 Å². The van der Waals surface area contributed by atoms with Crippen LogP contribution in [0.1, 0.15) is 13.8 Å². The van der Waals surface area contributed by atoms with Gasteiger partial charge in [-0.2, -0.15) is 5.10 Å². The van der Waals surface area contributed by atoms with Gasteiger partial charge >= 0.3 is 0 Å². The summed E-state index contributed by atoms with van der Waals surface area (Å²) in [6.45, 7) is 4.88. The smallest absolute Gasteiger partial charge is 0.181 e. The van der Waals surface area contributed by atoms with Gasteiger partial charge in [-0.05, 0) is 54.4 Å². The zero-order chi connectivity index (χ0) is 16.4. The molecule has 0 saturated heterocycles. The first-order chi connectivity index (χ1) is 11.0. The van der Waals surface area contributed by atoms with Crippen molar-refractivity contribution < 1.29 is 8.78 Å². The van der Waals surface area contributed by atoms with Gasteiger partial charge in [-0.3, -0.25) is 0 Å². The molecular formula is C18H17F2N3. The first kappa shape index (κ1) is 15.3. The maximum absolute atomic E-state index is 13.1. The number of nitrogens with zero attached hydrogens (tertiary/aromatic N) is 3. The molecule has 0 radical (unpaired) electrons. The quantitative estimate of drug-likeness (QED) is 0.707. The predicted octanol–water partition coefficient (Wildman–Crippen LogP) is 4.55. The minimum atomic E-state index is -0.297. The Morgan fingerprint density at radius 1 is 0.870 bits per heavy atom. The summed E-state index contributed by atoms with van der Waals surface area (Å²) in [5.41, 5.74) is 1.55. The summed E-state index contributed by atoms with van der Waals surface area (Å²) in [6.07, 6.45) is 0. The second-order valence-electron chi connectivity index (χ2n) is 5.85. The molecule has 0 atom stereocenters. The third-order valence-electron chi connectivity index (χ3n) is 3.41. The average Bonchev–Trinajstić information content (AvgIpc) is 2.92. The SMILES string of the molecule is CC(C)Cn1nc(-c2ccc(F)cc2)nc1-c1ccc(F)cc1. The highest BCUT2D eigenvalue weighted by molar-refractivity contribution is 5.61. The predicted molar refractivity (Wildman–Crippen MR) is 85.6 cm³/mol. The maximum Gasteiger partial charge on any atom is 0.181 e. The Balaban J connectivity index is 2.06. The van der Waals surface area contributed by atoms with Crippen molar-refractivity contribution in [1.29, 1.82) is 0 Å². The van der Waals surface area contributed by atoms with E-state index in [-0.39, 0.29) is 11.6 Å². The van der Waals surface area contributed by atoms with Crippen LogP contribution in [-0.2, 0) is 6.54 Å². The topological polar surface area (TPSA) is 30.7 Å². The number of hydrogen-bond acceptors (Lipinski definition) is 2. The molecule has 0 spiro atoms. The lowest BCUT2D eigenvalue weighted by Gasteiger charge is -2.08. The fraction of sp³-hybridized carbons (Fsp3) is 0.222. The van der Waals surface area contributed by atoms with Crippen molar-refractivity contribution in [3.8, 4) is 22.8 Å². The van der Waals surface area contributed by atoms with Crippen molar-refractivity contribution in [3.05, 3.63) is 60.2 Å². The third kappa shape index (κ3) is 3.44. The average molecular weight is 313 g/mol. The zero-order valence-electron chi connectivity index (χ0n) is 13.0. The van der Waals surface area contributed by atoms with E-state index in [1.54, 1.807) is 24.3 Å². The van der Waals surface area contributed by atoms with Gasteiger partial charge in [0.1, 0.15) is 11.6 Å². The van der Waals surface area contributed by atoms with Gasteiger partial charge in [0.15, 0.2) is 11.6 Å². The second-order valence-corrected chi connectivity index (χ2v) is 5.85. The molecule has 3 aromatic rings. The van der Waals surface area contributed by atoms with E-state index in [1.165, 1.54) is 24.3 Å². The molecule has 5 heteroatoms. The monoisotopic (exact) mass is 313 g/mol. The van der Waals surface area contributed by atoms with E-state index < -0.39 is 0 Å². The minimum absolute atomic E-state index is 0.289. The molecule has 0 amide bonds. The molecule has 1 heterocycles. The van der Waals surface area contributed by atoms with Crippen LogP contribution < -0.4 is 0 Å². The second kappa shape index (κ2) is 6.28. The largest absolute Gasteiger partial charge is 0.245 e. The third-order valence-corrected chi connectivity index (χ3v) is 3.41. The molecule has 0 unspecified atom stereocenters. The molecule has 0 aliphatic heterocycles. The fourth-order valence-corrected chi connectivity index (χ4v) is 2.35. The van der Waals surface area contributed by atoms with E-state index in [2.05, 4.69) is 23.9 Å². The molecule has 3 rings (SSSR count). The first-order valence-electron chi connectivity index (χ1n) is 7.49. The molecule has 0 saturated carbocycles. The lowest BCUT2D eigenvalue weighted by atomic mass is 10.2. The summed E-state index contributed by atoms with van der Waals surface area (Å²) >= 11 is 0. The van der Waals surface area contributed by atoms with Crippen LogP contribution >= 0.6 is 0 Å². The molecule has 0 aliphatic carbocycles. The molecule has 118 valence electrons. The highest BCUT2D eigenvalue weighted by Gasteiger charge is 2.14. The van der Waals surface area contributed by atoms with Crippen molar-refractivity contribution in [1.82, 2.24) is 14.8 Å². The molecule has 3 nitrogen and oxygen atoms in total. The molecule has 0 fully saturated rings. The Bertz CT molecular complexity index is 790. The van der Waals surface area contributed by atoms with Crippen LogP contribution in [0.2, 0.25) is 0 Å². The van der Waals surface area contributed by atoms with Crippen LogP contribution in [0.15, 0.2) is 48.5 Å². The summed E-state index contributed by atoms with van der Waals surface area (Å²) in [4.78, 5) is 4.57. The van der Waals surface area contributed by atoms with Gasteiger partial charge in [0, 0.05) is 17.7 Å². The van der Waals surface area contributed by atoms with Crippen molar-refractivity contribution in [3.63, 3.8) is 0 Å². The Hall–Kier alpha value is -2.56. The van der Waals surface area contributed by atoms with E-state index in [1.807, 2.05) is 4.68 Å². The Morgan fingerprint density at radius 3 is 1.91 bits per heavy atom. The fourth-order valence-electron chi connectivity index (χ4n) is 2.35. The molecule has 2 aromatic carbocycles. The number of hydrogen-bond donors (Lipinski definition) is 0. The van der Waals surface area contributed by atoms with E-state index in [0.29, 0.717) is 24.1 Å². The Kier molecular flexibility index (Phi) is 4.19. The van der Waals surface area contributed by atoms with E-state index in [0.717, 1.165) is 11.1 Å². The molecule has 0 N–H and O–H groups in total. The Labute approximate surface area is 133 Å². The molecular weight excluding hydrogens is 296 g/mol. The summed E-state index contributed by atoms with van der Waals surface area (Å²) < 4.78 is 28.0. The summed E-state index contributed by atoms with van der Waals surface area (Å²) in [5, 5.41) is 4.54. The number of aromatic nitrogens is 3. The van der Waals surface area contributed by atoms with Crippen LogP contribution in [-0.4, -0.2) is 14.8 Å². The van der Waals surface area contributed by atoms with Crippen LogP contribution in [0, 0.1) is 17.6 Å². The molecule has 0 bridgehead atoms. The van der Waals surface area contributed by atoms with Crippen molar-refractivity contribution in [2.75, 3.05) is 0 Å². The van der Waals surface area contributed by atoms with Gasteiger partial charge in [0.25, 0.3) is 0 Å². The molecule has 0 aliphatic rings. The van der Waals surface area contributed by atoms with Crippen molar-refractivity contribution in [2.45, 2.75) is 20.4 Å². The Morgan fingerprint density at radius 2 is 1.39 bits per heavy atom. The lowest BCUT2D eigenvalue weighted by Crippen LogP contribution is -2.08. The molecule has 1 aromatic heterocycles. The molecule has 23 heavy (non-hydrogen) atoms. The van der Waals surface area contributed by atoms with Gasteiger partial charge in [-0.1, -0.05) is 13.8 Å². The van der Waals surface area contributed by atoms with E-state index >= 15 is 0 Å². The van der Waals surface area contributed by atoms with E-state index in [4.69, 9.17) is 0 Å². The maximum atomic E-state index is 13.1. The normalized spacial score (nSPS) is 11.2. The zero-order valence-corrected chi connectivity index (χ0v) is 13.0. The lowest BCUT2D eigenvalue weighted by molar-refractivity contribution is 0.487. The van der Waals surface area contributed by atoms with Gasteiger partial charge in [0.05, 0.1) is 0 Å². The number of halogens is 2. The first-order valence-corrected chi connectivity index (χ1v) is 7.49. The summed E-state index contributed by atoms with van der Waals surface area (Å²) in [5.74, 6) is 1.01. The highest BCUT2D eigenvalue weighted by Crippen LogP contribution is 2.23.